The Labute approximate surface area is 157 Å². The molecule has 0 N–H and O–H groups in total. The van der Waals surface area contributed by atoms with E-state index in [2.05, 4.69) is 4.90 Å². The number of benzene rings is 2. The van der Waals surface area contributed by atoms with E-state index in [1.165, 1.54) is 25.7 Å². The number of hydrogen-bond acceptors (Lipinski definition) is 5. The average Bonchev–Trinajstić information content (AvgIpc) is 2.91. The van der Waals surface area contributed by atoms with Crippen LogP contribution in [0.2, 0.25) is 0 Å². The molecule has 0 unspecified atom stereocenters. The predicted molar refractivity (Wildman–Crippen MR) is 99.5 cm³/mol. The third-order valence-corrected chi connectivity index (χ3v) is 5.01. The van der Waals surface area contributed by atoms with Crippen molar-refractivity contribution in [3.05, 3.63) is 65.2 Å². The van der Waals surface area contributed by atoms with Gasteiger partial charge in [0.15, 0.2) is 0 Å². The van der Waals surface area contributed by atoms with Crippen molar-refractivity contribution < 1.29 is 19.2 Å². The van der Waals surface area contributed by atoms with Crippen molar-refractivity contribution in [1.82, 2.24) is 5.06 Å². The number of carbonyl (C=O) groups is 3. The Morgan fingerprint density at radius 2 is 1.33 bits per heavy atom. The van der Waals surface area contributed by atoms with Gasteiger partial charge < -0.3 is 9.74 Å². The maximum atomic E-state index is 12.4. The Morgan fingerprint density at radius 3 is 1.89 bits per heavy atom. The maximum Gasteiger partial charge on any atom is 0.363 e. The van der Waals surface area contributed by atoms with E-state index >= 15 is 0 Å². The highest BCUT2D eigenvalue weighted by molar-refractivity contribution is 6.21. The molecule has 138 valence electrons. The Balaban J connectivity index is 1.46. The van der Waals surface area contributed by atoms with Crippen molar-refractivity contribution in [3.63, 3.8) is 0 Å². The topological polar surface area (TPSA) is 66.9 Å². The molecule has 2 heterocycles. The molecule has 2 amide bonds. The van der Waals surface area contributed by atoms with E-state index in [-0.39, 0.29) is 11.1 Å². The smallest absolute Gasteiger partial charge is 0.363 e. The molecule has 2 aliphatic heterocycles. The summed E-state index contributed by atoms with van der Waals surface area (Å²) in [4.78, 5) is 44.4. The van der Waals surface area contributed by atoms with E-state index in [4.69, 9.17) is 4.84 Å². The van der Waals surface area contributed by atoms with Crippen LogP contribution < -0.4 is 4.90 Å². The molecule has 0 aromatic heterocycles. The minimum absolute atomic E-state index is 0.242. The largest absolute Gasteiger partial charge is 0.372 e. The Bertz CT molecular complexity index is 848. The average molecular weight is 364 g/mol. The summed E-state index contributed by atoms with van der Waals surface area (Å²) in [7, 11) is 0. The van der Waals surface area contributed by atoms with Crippen molar-refractivity contribution >= 4 is 23.5 Å². The van der Waals surface area contributed by atoms with Crippen LogP contribution in [0.5, 0.6) is 0 Å². The summed E-state index contributed by atoms with van der Waals surface area (Å²) >= 11 is 0. The number of hydroxylamine groups is 2. The zero-order valence-electron chi connectivity index (χ0n) is 14.9. The van der Waals surface area contributed by atoms with Gasteiger partial charge in [0.2, 0.25) is 0 Å². The number of rotatable bonds is 3. The second-order valence-corrected chi connectivity index (χ2v) is 6.78. The molecule has 0 radical (unpaired) electrons. The van der Waals surface area contributed by atoms with Gasteiger partial charge in [0, 0.05) is 18.8 Å². The molecule has 0 bridgehead atoms. The fraction of sp³-hybridized carbons (Fsp3) is 0.286. The summed E-state index contributed by atoms with van der Waals surface area (Å²) in [5.41, 5.74) is 1.85. The molecule has 2 aromatic rings. The third-order valence-electron chi connectivity index (χ3n) is 5.01. The monoisotopic (exact) mass is 364 g/mol. The van der Waals surface area contributed by atoms with Gasteiger partial charge >= 0.3 is 5.97 Å². The highest BCUT2D eigenvalue weighted by atomic mass is 16.7. The van der Waals surface area contributed by atoms with Crippen LogP contribution in [0.4, 0.5) is 5.69 Å². The van der Waals surface area contributed by atoms with Crippen LogP contribution in [-0.4, -0.2) is 35.9 Å². The van der Waals surface area contributed by atoms with Gasteiger partial charge in [0.25, 0.3) is 11.8 Å². The Morgan fingerprint density at radius 1 is 0.778 bits per heavy atom. The molecule has 2 aromatic carbocycles. The number of imide groups is 1. The summed E-state index contributed by atoms with van der Waals surface area (Å²) in [6.07, 6.45) is 4.84. The molecular formula is C21H20N2O4. The summed E-state index contributed by atoms with van der Waals surface area (Å²) in [6.45, 7) is 2.03. The molecule has 27 heavy (non-hydrogen) atoms. The van der Waals surface area contributed by atoms with Crippen molar-refractivity contribution in [2.24, 2.45) is 0 Å². The Hall–Kier alpha value is -3.15. The van der Waals surface area contributed by atoms with E-state index in [0.29, 0.717) is 10.6 Å². The third kappa shape index (κ3) is 3.30. The number of carbonyl (C=O) groups excluding carboxylic acids is 3. The van der Waals surface area contributed by atoms with Gasteiger partial charge in [-0.2, -0.15) is 0 Å². The van der Waals surface area contributed by atoms with Crippen molar-refractivity contribution in [2.75, 3.05) is 18.0 Å². The molecule has 0 spiro atoms. The van der Waals surface area contributed by atoms with Gasteiger partial charge in [-0.25, -0.2) is 4.79 Å². The second kappa shape index (κ2) is 7.23. The molecule has 0 aliphatic carbocycles. The molecule has 0 atom stereocenters. The van der Waals surface area contributed by atoms with Crippen molar-refractivity contribution in [1.29, 1.82) is 0 Å². The molecular weight excluding hydrogens is 344 g/mol. The highest BCUT2D eigenvalue weighted by Crippen LogP contribution is 2.24. The van der Waals surface area contributed by atoms with E-state index in [9.17, 15) is 14.4 Å². The number of nitrogens with zero attached hydrogens (tertiary/aromatic N) is 2. The lowest BCUT2D eigenvalue weighted by molar-refractivity contribution is -0.0584. The van der Waals surface area contributed by atoms with E-state index < -0.39 is 17.8 Å². The molecule has 1 fully saturated rings. The standard InChI is InChI=1S/C21H20N2O4/c24-19-17-7-3-4-8-18(17)20(25)23(19)27-21(26)15-9-11-16(12-10-15)22-13-5-1-2-6-14-22/h3-4,7-12H,1-2,5-6,13-14H2. The molecule has 0 saturated carbocycles. The van der Waals surface area contributed by atoms with Crippen LogP contribution in [0, 0.1) is 0 Å². The van der Waals surface area contributed by atoms with Gasteiger partial charge in [-0.05, 0) is 49.2 Å². The lowest BCUT2D eigenvalue weighted by Crippen LogP contribution is -2.32. The summed E-state index contributed by atoms with van der Waals surface area (Å²) in [5.74, 6) is -1.97. The Kier molecular flexibility index (Phi) is 4.62. The lowest BCUT2D eigenvalue weighted by atomic mass is 10.1. The number of fused-ring (bicyclic) bond motifs is 1. The first-order valence-corrected chi connectivity index (χ1v) is 9.20. The van der Waals surface area contributed by atoms with Gasteiger partial charge in [-0.1, -0.05) is 30.0 Å². The SMILES string of the molecule is O=C(ON1C(=O)c2ccccc2C1=O)c1ccc(N2CCCCCC2)cc1. The van der Waals surface area contributed by atoms with Crippen molar-refractivity contribution in [3.8, 4) is 0 Å². The van der Waals surface area contributed by atoms with E-state index in [1.54, 1.807) is 36.4 Å². The summed E-state index contributed by atoms with van der Waals surface area (Å²) in [6, 6.07) is 13.5. The highest BCUT2D eigenvalue weighted by Gasteiger charge is 2.38. The predicted octanol–water partition coefficient (Wildman–Crippen LogP) is 3.44. The van der Waals surface area contributed by atoms with Gasteiger partial charge in [0.1, 0.15) is 0 Å². The first-order chi connectivity index (χ1) is 13.1. The van der Waals surface area contributed by atoms with Gasteiger partial charge in [-0.15, -0.1) is 0 Å². The quantitative estimate of drug-likeness (QED) is 0.781. The molecule has 6 heteroatoms. The molecule has 2 aliphatic rings. The molecule has 4 rings (SSSR count). The summed E-state index contributed by atoms with van der Waals surface area (Å²) in [5, 5.41) is 0.537. The van der Waals surface area contributed by atoms with Crippen LogP contribution in [-0.2, 0) is 4.84 Å². The zero-order chi connectivity index (χ0) is 18.8. The van der Waals surface area contributed by atoms with Gasteiger partial charge in [0.05, 0.1) is 16.7 Å². The van der Waals surface area contributed by atoms with E-state index in [0.717, 1.165) is 18.8 Å². The summed E-state index contributed by atoms with van der Waals surface area (Å²) < 4.78 is 0. The van der Waals surface area contributed by atoms with Crippen LogP contribution in [0.25, 0.3) is 0 Å². The van der Waals surface area contributed by atoms with Crippen LogP contribution in [0.1, 0.15) is 56.8 Å². The normalized spacial score (nSPS) is 16.9. The van der Waals surface area contributed by atoms with Gasteiger partial charge in [-0.3, -0.25) is 9.59 Å². The fourth-order valence-electron chi connectivity index (χ4n) is 3.52. The minimum Gasteiger partial charge on any atom is -0.372 e. The maximum absolute atomic E-state index is 12.4. The van der Waals surface area contributed by atoms with E-state index in [1.807, 2.05) is 12.1 Å². The van der Waals surface area contributed by atoms with Crippen LogP contribution in [0.15, 0.2) is 48.5 Å². The number of amides is 2. The van der Waals surface area contributed by atoms with Crippen molar-refractivity contribution in [2.45, 2.75) is 25.7 Å². The number of anilines is 1. The zero-order valence-corrected chi connectivity index (χ0v) is 14.9. The first kappa shape index (κ1) is 17.3. The minimum atomic E-state index is -0.730. The van der Waals surface area contributed by atoms with Crippen LogP contribution >= 0.6 is 0 Å². The molecule has 1 saturated heterocycles. The fourth-order valence-corrected chi connectivity index (χ4v) is 3.52. The van der Waals surface area contributed by atoms with Crippen LogP contribution in [0.3, 0.4) is 0 Å². The second-order valence-electron chi connectivity index (χ2n) is 6.78. The number of hydrogen-bond donors (Lipinski definition) is 0. The molecule has 6 nitrogen and oxygen atoms in total. The first-order valence-electron chi connectivity index (χ1n) is 9.20. The lowest BCUT2D eigenvalue weighted by Gasteiger charge is -2.22.